The number of nitrogens with zero attached hydrogens (tertiary/aromatic N) is 1. The Bertz CT molecular complexity index is 490. The number of rotatable bonds is 5. The van der Waals surface area contributed by atoms with Gasteiger partial charge in [-0.15, -0.1) is 24.2 Å². The first kappa shape index (κ1) is 18.2. The van der Waals surface area contributed by atoms with E-state index in [1.165, 1.54) is 17.8 Å². The highest BCUT2D eigenvalue weighted by atomic mass is 35.5. The molecule has 0 saturated carbocycles. The first-order chi connectivity index (χ1) is 9.60. The summed E-state index contributed by atoms with van der Waals surface area (Å²) in [5.41, 5.74) is 0. The first-order valence-corrected chi connectivity index (χ1v) is 7.59. The summed E-state index contributed by atoms with van der Waals surface area (Å²) in [5, 5.41) is 3.12. The van der Waals surface area contributed by atoms with Gasteiger partial charge in [0.2, 0.25) is 5.91 Å². The Morgan fingerprint density at radius 2 is 2.19 bits per heavy atom. The third-order valence-electron chi connectivity index (χ3n) is 3.38. The van der Waals surface area contributed by atoms with Gasteiger partial charge < -0.3 is 10.2 Å². The van der Waals surface area contributed by atoms with Crippen LogP contribution in [0.4, 0.5) is 8.78 Å². The number of thioether (sulfide) groups is 1. The molecule has 1 fully saturated rings. The fraction of sp³-hybridized carbons (Fsp3) is 0.500. The number of benzene rings is 1. The van der Waals surface area contributed by atoms with Crippen molar-refractivity contribution in [3.8, 4) is 0 Å². The van der Waals surface area contributed by atoms with Crippen LogP contribution in [-0.2, 0) is 4.79 Å². The highest BCUT2D eigenvalue weighted by molar-refractivity contribution is 8.00. The van der Waals surface area contributed by atoms with Gasteiger partial charge in [0.05, 0.1) is 5.75 Å². The Morgan fingerprint density at radius 1 is 1.43 bits per heavy atom. The molecule has 1 aliphatic rings. The molecule has 0 bridgehead atoms. The average molecular weight is 337 g/mol. The Balaban J connectivity index is 0.00000220. The van der Waals surface area contributed by atoms with Gasteiger partial charge in [0.25, 0.3) is 0 Å². The van der Waals surface area contributed by atoms with Crippen molar-refractivity contribution in [2.45, 2.75) is 11.3 Å². The molecule has 1 saturated heterocycles. The number of hydrogen-bond acceptors (Lipinski definition) is 3. The topological polar surface area (TPSA) is 32.3 Å². The lowest BCUT2D eigenvalue weighted by molar-refractivity contribution is -0.127. The van der Waals surface area contributed by atoms with Crippen molar-refractivity contribution in [2.75, 3.05) is 32.4 Å². The van der Waals surface area contributed by atoms with Crippen molar-refractivity contribution in [2.24, 2.45) is 5.92 Å². The van der Waals surface area contributed by atoms with Gasteiger partial charge >= 0.3 is 0 Å². The molecule has 118 valence electrons. The zero-order chi connectivity index (χ0) is 14.5. The van der Waals surface area contributed by atoms with E-state index in [4.69, 9.17) is 0 Å². The Kier molecular flexibility index (Phi) is 7.42. The first-order valence-electron chi connectivity index (χ1n) is 6.60. The van der Waals surface area contributed by atoms with Gasteiger partial charge in [-0.1, -0.05) is 0 Å². The SMILES string of the molecule is CNCC1CCN(C(=O)CSc2ccc(F)c(F)c2)C1.Cl. The van der Waals surface area contributed by atoms with Gasteiger partial charge in [-0.3, -0.25) is 4.79 Å². The lowest BCUT2D eigenvalue weighted by atomic mass is 10.1. The van der Waals surface area contributed by atoms with E-state index < -0.39 is 11.6 Å². The van der Waals surface area contributed by atoms with Gasteiger partial charge in [-0.25, -0.2) is 8.78 Å². The minimum absolute atomic E-state index is 0. The van der Waals surface area contributed by atoms with Gasteiger partial charge in [-0.2, -0.15) is 0 Å². The quantitative estimate of drug-likeness (QED) is 0.839. The molecular formula is C14H19ClF2N2OS. The second-order valence-electron chi connectivity index (χ2n) is 4.92. The summed E-state index contributed by atoms with van der Waals surface area (Å²) >= 11 is 1.24. The van der Waals surface area contributed by atoms with E-state index in [2.05, 4.69) is 5.32 Å². The van der Waals surface area contributed by atoms with Crippen LogP contribution >= 0.6 is 24.2 Å². The number of carbonyl (C=O) groups excluding carboxylic acids is 1. The maximum absolute atomic E-state index is 13.0. The molecular weight excluding hydrogens is 318 g/mol. The van der Waals surface area contributed by atoms with Crippen LogP contribution < -0.4 is 5.32 Å². The molecule has 0 radical (unpaired) electrons. The lowest BCUT2D eigenvalue weighted by Crippen LogP contribution is -2.31. The number of hydrogen-bond donors (Lipinski definition) is 1. The number of nitrogens with one attached hydrogen (secondary N) is 1. The van der Waals surface area contributed by atoms with E-state index in [0.717, 1.165) is 38.2 Å². The molecule has 7 heteroatoms. The molecule has 1 amide bonds. The van der Waals surface area contributed by atoms with Gasteiger partial charge in [0.15, 0.2) is 11.6 Å². The molecule has 1 atom stereocenters. The van der Waals surface area contributed by atoms with Crippen molar-refractivity contribution < 1.29 is 13.6 Å². The Labute approximate surface area is 133 Å². The van der Waals surface area contributed by atoms with Crippen molar-refractivity contribution in [3.05, 3.63) is 29.8 Å². The molecule has 3 nitrogen and oxygen atoms in total. The predicted molar refractivity (Wildman–Crippen MR) is 82.9 cm³/mol. The second kappa shape index (κ2) is 8.56. The standard InChI is InChI=1S/C14H18F2N2OS.ClH/c1-17-7-10-4-5-18(8-10)14(19)9-20-11-2-3-12(15)13(16)6-11;/h2-3,6,10,17H,4-5,7-9H2,1H3;1H. The van der Waals surface area contributed by atoms with Crippen LogP contribution in [0.3, 0.4) is 0 Å². The molecule has 2 rings (SSSR count). The normalized spacial score (nSPS) is 17.7. The number of carbonyl (C=O) groups is 1. The lowest BCUT2D eigenvalue weighted by Gasteiger charge is -2.16. The zero-order valence-electron chi connectivity index (χ0n) is 11.8. The predicted octanol–water partition coefficient (Wildman–Crippen LogP) is 2.55. The van der Waals surface area contributed by atoms with E-state index in [1.807, 2.05) is 11.9 Å². The molecule has 1 N–H and O–H groups in total. The number of halogens is 3. The molecule has 0 aliphatic carbocycles. The van der Waals surface area contributed by atoms with Crippen molar-refractivity contribution in [1.82, 2.24) is 10.2 Å². The van der Waals surface area contributed by atoms with Crippen molar-refractivity contribution in [1.29, 1.82) is 0 Å². The average Bonchev–Trinajstić information content (AvgIpc) is 2.89. The molecule has 1 aromatic rings. The van der Waals surface area contributed by atoms with E-state index >= 15 is 0 Å². The third-order valence-corrected chi connectivity index (χ3v) is 4.36. The molecule has 1 aliphatic heterocycles. The van der Waals surface area contributed by atoms with Crippen molar-refractivity contribution in [3.63, 3.8) is 0 Å². The summed E-state index contributed by atoms with van der Waals surface area (Å²) < 4.78 is 25.8. The zero-order valence-corrected chi connectivity index (χ0v) is 13.4. The minimum Gasteiger partial charge on any atom is -0.342 e. The van der Waals surface area contributed by atoms with Crippen LogP contribution in [0, 0.1) is 17.6 Å². The molecule has 21 heavy (non-hydrogen) atoms. The van der Waals surface area contributed by atoms with Crippen molar-refractivity contribution >= 4 is 30.1 Å². The number of amides is 1. The number of likely N-dealkylation sites (tertiary alicyclic amines) is 1. The van der Waals surface area contributed by atoms with Crippen LogP contribution in [-0.4, -0.2) is 43.2 Å². The van der Waals surface area contributed by atoms with E-state index in [-0.39, 0.29) is 24.1 Å². The highest BCUT2D eigenvalue weighted by Gasteiger charge is 2.25. The van der Waals surface area contributed by atoms with Gasteiger partial charge in [0.1, 0.15) is 0 Å². The summed E-state index contributed by atoms with van der Waals surface area (Å²) in [5.74, 6) is -0.916. The van der Waals surface area contributed by atoms with E-state index in [9.17, 15) is 13.6 Å². The fourth-order valence-corrected chi connectivity index (χ4v) is 3.14. The summed E-state index contributed by atoms with van der Waals surface area (Å²) in [6.45, 7) is 2.47. The Morgan fingerprint density at radius 3 is 2.86 bits per heavy atom. The van der Waals surface area contributed by atoms with Crippen LogP contribution in [0.2, 0.25) is 0 Å². The molecule has 0 aromatic heterocycles. The van der Waals surface area contributed by atoms with Gasteiger partial charge in [0, 0.05) is 18.0 Å². The van der Waals surface area contributed by atoms with E-state index in [0.29, 0.717) is 10.8 Å². The maximum Gasteiger partial charge on any atom is 0.232 e. The summed E-state index contributed by atoms with van der Waals surface area (Å²) in [6.07, 6.45) is 1.02. The summed E-state index contributed by atoms with van der Waals surface area (Å²) in [7, 11) is 1.91. The molecule has 1 unspecified atom stereocenters. The molecule has 1 aromatic carbocycles. The summed E-state index contributed by atoms with van der Waals surface area (Å²) in [6, 6.07) is 3.70. The smallest absolute Gasteiger partial charge is 0.232 e. The maximum atomic E-state index is 13.0. The van der Waals surface area contributed by atoms with Gasteiger partial charge in [-0.05, 0) is 44.1 Å². The third kappa shape index (κ3) is 5.13. The second-order valence-corrected chi connectivity index (χ2v) is 5.97. The highest BCUT2D eigenvalue weighted by Crippen LogP contribution is 2.22. The van der Waals surface area contributed by atoms with E-state index in [1.54, 1.807) is 0 Å². The van der Waals surface area contributed by atoms with Crippen LogP contribution in [0.5, 0.6) is 0 Å². The largest absolute Gasteiger partial charge is 0.342 e. The molecule has 0 spiro atoms. The summed E-state index contributed by atoms with van der Waals surface area (Å²) in [4.78, 5) is 14.5. The minimum atomic E-state index is -0.877. The van der Waals surface area contributed by atoms with Crippen LogP contribution in [0.15, 0.2) is 23.1 Å². The monoisotopic (exact) mass is 336 g/mol. The van der Waals surface area contributed by atoms with Crippen LogP contribution in [0.25, 0.3) is 0 Å². The Hall–Kier alpha value is -0.850. The van der Waals surface area contributed by atoms with Crippen LogP contribution in [0.1, 0.15) is 6.42 Å². The fourth-order valence-electron chi connectivity index (χ4n) is 2.32. The molecule has 1 heterocycles.